The minimum Gasteiger partial charge on any atom is -0.410 e. The Balaban J connectivity index is 2.20. The van der Waals surface area contributed by atoms with Crippen LogP contribution in [0.2, 0.25) is 5.02 Å². The molecule has 2 aromatic carbocycles. The third kappa shape index (κ3) is 4.37. The number of carbonyl (C=O) groups excluding carboxylic acids is 1. The van der Waals surface area contributed by atoms with Gasteiger partial charge >= 0.3 is 18.0 Å². The van der Waals surface area contributed by atoms with Crippen molar-refractivity contribution in [2.24, 2.45) is 7.05 Å². The van der Waals surface area contributed by atoms with Crippen molar-refractivity contribution in [1.82, 2.24) is 9.13 Å². The van der Waals surface area contributed by atoms with Crippen LogP contribution in [0.1, 0.15) is 11.3 Å². The lowest BCUT2D eigenvalue weighted by Crippen LogP contribution is -2.41. The number of nitrogens with zero attached hydrogens (tertiary/aromatic N) is 2. The summed E-state index contributed by atoms with van der Waals surface area (Å²) in [6.07, 6.45) is -6.11. The molecule has 0 saturated heterocycles. The maximum atomic E-state index is 14.9. The molecule has 0 bridgehead atoms. The van der Waals surface area contributed by atoms with E-state index >= 15 is 0 Å². The van der Waals surface area contributed by atoms with Crippen LogP contribution in [-0.2, 0) is 13.2 Å². The molecule has 0 unspecified atom stereocenters. The fraction of sp³-hybridized carbons (Fsp3) is 0.150. The van der Waals surface area contributed by atoms with Gasteiger partial charge < -0.3 is 4.74 Å². The molecule has 1 heterocycles. The van der Waals surface area contributed by atoms with Gasteiger partial charge in [-0.15, -0.1) is 0 Å². The minimum atomic E-state index is -5.00. The van der Waals surface area contributed by atoms with E-state index in [1.165, 1.54) is 19.1 Å². The molecule has 0 spiro atoms. The molecule has 3 aromatic rings. The topological polar surface area (TPSA) is 82.3 Å². The molecular formula is C20H14ClF4N3O4. The first-order valence-corrected chi connectivity index (χ1v) is 9.22. The highest BCUT2D eigenvalue weighted by Crippen LogP contribution is 2.33. The fourth-order valence-corrected chi connectivity index (χ4v) is 3.09. The van der Waals surface area contributed by atoms with Gasteiger partial charge in [-0.25, -0.2) is 18.5 Å². The molecular weight excluding hydrogens is 458 g/mol. The number of anilines is 1. The highest BCUT2D eigenvalue weighted by molar-refractivity contribution is 6.32. The summed E-state index contributed by atoms with van der Waals surface area (Å²) < 4.78 is 59.6. The van der Waals surface area contributed by atoms with Crippen molar-refractivity contribution < 1.29 is 27.1 Å². The van der Waals surface area contributed by atoms with Crippen LogP contribution in [0.3, 0.4) is 0 Å². The van der Waals surface area contributed by atoms with Crippen LogP contribution in [0, 0.1) is 12.7 Å². The van der Waals surface area contributed by atoms with Crippen molar-refractivity contribution in [1.29, 1.82) is 0 Å². The van der Waals surface area contributed by atoms with Gasteiger partial charge in [0.25, 0.3) is 5.56 Å². The Bertz CT molecular complexity index is 1320. The van der Waals surface area contributed by atoms with Crippen LogP contribution in [0.15, 0.2) is 52.1 Å². The lowest BCUT2D eigenvalue weighted by molar-refractivity contribution is -0.144. The number of alkyl halides is 3. The summed E-state index contributed by atoms with van der Waals surface area (Å²) in [4.78, 5) is 37.4. The zero-order chi connectivity index (χ0) is 23.8. The normalized spacial score (nSPS) is 11.3. The number of nitrogens with one attached hydrogen (secondary N) is 1. The molecule has 0 fully saturated rings. The van der Waals surface area contributed by atoms with Crippen LogP contribution < -0.4 is 21.3 Å². The number of ether oxygens (including phenoxy) is 1. The highest BCUT2D eigenvalue weighted by Gasteiger charge is 2.35. The van der Waals surface area contributed by atoms with E-state index < -0.39 is 46.4 Å². The highest BCUT2D eigenvalue weighted by atomic mass is 35.5. The molecule has 1 aromatic heterocycles. The smallest absolute Gasteiger partial charge is 0.410 e. The Labute approximate surface area is 182 Å². The van der Waals surface area contributed by atoms with E-state index in [4.69, 9.17) is 16.3 Å². The molecule has 0 radical (unpaired) electrons. The average molecular weight is 472 g/mol. The molecule has 12 heteroatoms. The van der Waals surface area contributed by atoms with Gasteiger partial charge in [0.05, 0.1) is 5.69 Å². The summed E-state index contributed by atoms with van der Waals surface area (Å²) in [5, 5.41) is 2.04. The monoisotopic (exact) mass is 471 g/mol. The number of aromatic nitrogens is 2. The number of rotatable bonds is 3. The van der Waals surface area contributed by atoms with Gasteiger partial charge in [0.15, 0.2) is 5.82 Å². The van der Waals surface area contributed by atoms with Crippen molar-refractivity contribution in [3.05, 3.63) is 85.4 Å². The number of para-hydroxylation sites is 1. The largest absolute Gasteiger partial charge is 0.431 e. The van der Waals surface area contributed by atoms with E-state index in [-0.39, 0.29) is 31.5 Å². The number of hydrogen-bond donors (Lipinski definition) is 1. The van der Waals surface area contributed by atoms with Crippen LogP contribution in [-0.4, -0.2) is 15.2 Å². The lowest BCUT2D eigenvalue weighted by atomic mass is 10.1. The summed E-state index contributed by atoms with van der Waals surface area (Å²) in [6.45, 7) is 1.35. The SMILES string of the molecule is Cc1c(Cl)cc(F)c(-n2c(=O)cc(C(F)(F)F)n(C)c2=O)c1NC(=O)Oc1ccccc1. The maximum Gasteiger partial charge on any atom is 0.431 e. The summed E-state index contributed by atoms with van der Waals surface area (Å²) >= 11 is 5.97. The standard InChI is InChI=1S/C20H14ClF4N3O4/c1-10-12(21)8-13(22)17(16(10)26-18(30)32-11-6-4-3-5-7-11)28-15(29)9-14(20(23,24)25)27(2)19(28)31/h3-9H,1-2H3,(H,26,30). The first kappa shape index (κ1) is 23.1. The van der Waals surface area contributed by atoms with Crippen molar-refractivity contribution in [2.45, 2.75) is 13.1 Å². The van der Waals surface area contributed by atoms with Crippen LogP contribution >= 0.6 is 11.6 Å². The molecule has 168 valence electrons. The van der Waals surface area contributed by atoms with Crippen molar-refractivity contribution in [3.8, 4) is 11.4 Å². The zero-order valence-corrected chi connectivity index (χ0v) is 17.2. The minimum absolute atomic E-state index is 0.0435. The maximum absolute atomic E-state index is 14.9. The first-order valence-electron chi connectivity index (χ1n) is 8.85. The van der Waals surface area contributed by atoms with Crippen LogP contribution in [0.5, 0.6) is 5.75 Å². The summed E-state index contributed by atoms with van der Waals surface area (Å²) in [5.74, 6) is -1.09. The van der Waals surface area contributed by atoms with Crippen molar-refractivity contribution in [2.75, 3.05) is 5.32 Å². The molecule has 1 amide bonds. The zero-order valence-electron chi connectivity index (χ0n) is 16.5. The van der Waals surface area contributed by atoms with Gasteiger partial charge in [-0.1, -0.05) is 29.8 Å². The third-order valence-electron chi connectivity index (χ3n) is 4.46. The van der Waals surface area contributed by atoms with Gasteiger partial charge in [-0.05, 0) is 30.7 Å². The first-order chi connectivity index (χ1) is 14.9. The number of amides is 1. The van der Waals surface area contributed by atoms with Gasteiger partial charge in [-0.3, -0.25) is 14.7 Å². The number of carbonyl (C=O) groups is 1. The molecule has 7 nitrogen and oxygen atoms in total. The summed E-state index contributed by atoms with van der Waals surface area (Å²) in [7, 11) is 0.776. The molecule has 0 aliphatic rings. The Hall–Kier alpha value is -3.60. The van der Waals surface area contributed by atoms with E-state index in [1.807, 2.05) is 0 Å². The average Bonchev–Trinajstić information content (AvgIpc) is 2.70. The Morgan fingerprint density at radius 3 is 2.34 bits per heavy atom. The summed E-state index contributed by atoms with van der Waals surface area (Å²) in [5.41, 5.74) is -5.62. The molecule has 0 aliphatic carbocycles. The molecule has 0 atom stereocenters. The second kappa shape index (κ2) is 8.50. The van der Waals surface area contributed by atoms with Gasteiger partial charge in [0, 0.05) is 18.1 Å². The van der Waals surface area contributed by atoms with Crippen LogP contribution in [0.4, 0.5) is 28.0 Å². The predicted molar refractivity (Wildman–Crippen MR) is 108 cm³/mol. The van der Waals surface area contributed by atoms with Crippen molar-refractivity contribution in [3.63, 3.8) is 0 Å². The molecule has 1 N–H and O–H groups in total. The number of benzene rings is 2. The van der Waals surface area contributed by atoms with Gasteiger partial charge in [0.2, 0.25) is 0 Å². The Morgan fingerprint density at radius 2 is 1.75 bits per heavy atom. The Morgan fingerprint density at radius 1 is 1.12 bits per heavy atom. The molecule has 3 rings (SSSR count). The number of halogens is 5. The van der Waals surface area contributed by atoms with Gasteiger partial charge in [0.1, 0.15) is 17.1 Å². The van der Waals surface area contributed by atoms with Crippen LogP contribution in [0.25, 0.3) is 5.69 Å². The third-order valence-corrected chi connectivity index (χ3v) is 4.86. The van der Waals surface area contributed by atoms with E-state index in [9.17, 15) is 31.9 Å². The Kier molecular flexibility index (Phi) is 6.13. The fourth-order valence-electron chi connectivity index (χ4n) is 2.90. The second-order valence-corrected chi connectivity index (χ2v) is 6.97. The van der Waals surface area contributed by atoms with E-state index in [0.29, 0.717) is 0 Å². The molecule has 0 saturated carbocycles. The molecule has 0 aliphatic heterocycles. The van der Waals surface area contributed by atoms with E-state index in [0.717, 1.165) is 13.1 Å². The molecule has 32 heavy (non-hydrogen) atoms. The van der Waals surface area contributed by atoms with Crippen molar-refractivity contribution >= 4 is 23.4 Å². The predicted octanol–water partition coefficient (Wildman–Crippen LogP) is 4.27. The quantitative estimate of drug-likeness (QED) is 0.578. The van der Waals surface area contributed by atoms with E-state index in [1.54, 1.807) is 18.2 Å². The second-order valence-electron chi connectivity index (χ2n) is 6.56. The lowest BCUT2D eigenvalue weighted by Gasteiger charge is -2.19. The summed E-state index contributed by atoms with van der Waals surface area (Å²) in [6, 6.07) is 8.68. The van der Waals surface area contributed by atoms with E-state index in [2.05, 4.69) is 5.32 Å². The van der Waals surface area contributed by atoms with Gasteiger partial charge in [-0.2, -0.15) is 13.2 Å². The number of hydrogen-bond acceptors (Lipinski definition) is 4.